The zero-order valence-electron chi connectivity index (χ0n) is 10.2. The normalized spacial score (nSPS) is 12.1. The Morgan fingerprint density at radius 1 is 1.40 bits per heavy atom. The first-order chi connectivity index (χ1) is 9.45. The molecule has 104 valence electrons. The van der Waals surface area contributed by atoms with E-state index in [2.05, 4.69) is 4.98 Å². The molecule has 0 atom stereocenters. The van der Waals surface area contributed by atoms with E-state index in [4.69, 9.17) is 17.3 Å². The van der Waals surface area contributed by atoms with Gasteiger partial charge >= 0.3 is 0 Å². The lowest BCUT2D eigenvalue weighted by atomic mass is 10.3. The molecule has 20 heavy (non-hydrogen) atoms. The van der Waals surface area contributed by atoms with Crippen molar-refractivity contribution < 1.29 is 8.42 Å². The molecule has 2 heterocycles. The maximum Gasteiger partial charge on any atom is 0.193 e. The van der Waals surface area contributed by atoms with E-state index in [-0.39, 0.29) is 15.7 Å². The Kier molecular flexibility index (Phi) is 3.19. The highest BCUT2D eigenvalue weighted by atomic mass is 35.5. The van der Waals surface area contributed by atoms with Crippen molar-refractivity contribution in [2.45, 2.75) is 10.6 Å². The number of rotatable bonds is 3. The fraction of sp³-hybridized carbons (Fsp3) is 0.0833. The number of anilines is 1. The molecule has 0 radical (unpaired) electrons. The third kappa shape index (κ3) is 2.39. The van der Waals surface area contributed by atoms with Crippen molar-refractivity contribution in [2.75, 3.05) is 5.73 Å². The van der Waals surface area contributed by atoms with Gasteiger partial charge in [-0.3, -0.25) is 4.40 Å². The highest BCUT2D eigenvalue weighted by molar-refractivity contribution is 7.90. The highest BCUT2D eigenvalue weighted by Crippen LogP contribution is 2.26. The molecule has 0 bridgehead atoms. The monoisotopic (exact) mass is 327 g/mol. The lowest BCUT2D eigenvalue weighted by Crippen LogP contribution is -2.06. The topological polar surface area (TPSA) is 77.5 Å². The number of hydrogen-bond acceptors (Lipinski definition) is 5. The zero-order chi connectivity index (χ0) is 14.3. The Morgan fingerprint density at radius 3 is 2.90 bits per heavy atom. The van der Waals surface area contributed by atoms with Crippen molar-refractivity contribution in [3.8, 4) is 0 Å². The number of hydrogen-bond donors (Lipinski definition) is 1. The number of halogens is 1. The number of nitrogens with zero attached hydrogens (tertiary/aromatic N) is 2. The molecule has 0 saturated carbocycles. The van der Waals surface area contributed by atoms with E-state index in [1.807, 2.05) is 11.6 Å². The van der Waals surface area contributed by atoms with Crippen molar-refractivity contribution in [1.82, 2.24) is 9.38 Å². The van der Waals surface area contributed by atoms with E-state index in [9.17, 15) is 8.42 Å². The van der Waals surface area contributed by atoms with Gasteiger partial charge in [0.15, 0.2) is 14.8 Å². The lowest BCUT2D eigenvalue weighted by Gasteiger charge is -2.05. The first-order valence-corrected chi connectivity index (χ1v) is 8.55. The Hall–Kier alpha value is -1.57. The number of sulfone groups is 1. The molecule has 0 fully saturated rings. The molecule has 1 aromatic carbocycles. The number of thiazole rings is 1. The molecule has 2 aromatic heterocycles. The van der Waals surface area contributed by atoms with E-state index in [1.54, 1.807) is 10.6 Å². The van der Waals surface area contributed by atoms with Gasteiger partial charge in [-0.2, -0.15) is 0 Å². The van der Waals surface area contributed by atoms with Crippen LogP contribution in [0.2, 0.25) is 5.02 Å². The maximum atomic E-state index is 12.4. The smallest absolute Gasteiger partial charge is 0.193 e. The Balaban J connectivity index is 1.97. The van der Waals surface area contributed by atoms with Crippen LogP contribution in [-0.2, 0) is 15.6 Å². The van der Waals surface area contributed by atoms with Gasteiger partial charge in [0.05, 0.1) is 21.4 Å². The van der Waals surface area contributed by atoms with Gasteiger partial charge < -0.3 is 5.73 Å². The van der Waals surface area contributed by atoms with E-state index < -0.39 is 9.84 Å². The number of nitrogens with two attached hydrogens (primary N) is 1. The van der Waals surface area contributed by atoms with Crippen LogP contribution in [0.1, 0.15) is 5.69 Å². The largest absolute Gasteiger partial charge is 0.399 e. The van der Waals surface area contributed by atoms with Crippen molar-refractivity contribution >= 4 is 43.4 Å². The Bertz CT molecular complexity index is 855. The molecule has 0 aliphatic rings. The van der Waals surface area contributed by atoms with Gasteiger partial charge in [0.1, 0.15) is 0 Å². The second kappa shape index (κ2) is 4.76. The summed E-state index contributed by atoms with van der Waals surface area (Å²) in [6.07, 6.45) is 3.54. The SMILES string of the molecule is Nc1ccc(S(=O)(=O)Cc2cn3ccsc3n2)c(Cl)c1. The number of aromatic nitrogens is 2. The third-order valence-electron chi connectivity index (χ3n) is 2.77. The van der Waals surface area contributed by atoms with Crippen LogP contribution < -0.4 is 5.73 Å². The number of fused-ring (bicyclic) bond motifs is 1. The fourth-order valence-electron chi connectivity index (χ4n) is 1.89. The summed E-state index contributed by atoms with van der Waals surface area (Å²) in [4.78, 5) is 5.10. The second-order valence-corrected chi connectivity index (χ2v) is 7.51. The molecule has 0 aliphatic carbocycles. The zero-order valence-corrected chi connectivity index (χ0v) is 12.5. The predicted octanol–water partition coefficient (Wildman–Crippen LogP) is 2.61. The van der Waals surface area contributed by atoms with Crippen LogP contribution in [0.3, 0.4) is 0 Å². The summed E-state index contributed by atoms with van der Waals surface area (Å²) in [5.74, 6) is -0.189. The number of nitrogen functional groups attached to an aromatic ring is 1. The Labute approximate surface area is 124 Å². The average molecular weight is 328 g/mol. The molecule has 2 N–H and O–H groups in total. The number of benzene rings is 1. The van der Waals surface area contributed by atoms with Gasteiger partial charge in [-0.1, -0.05) is 11.6 Å². The summed E-state index contributed by atoms with van der Waals surface area (Å²) in [6, 6.07) is 4.37. The van der Waals surface area contributed by atoms with E-state index >= 15 is 0 Å². The van der Waals surface area contributed by atoms with Gasteiger partial charge in [0.2, 0.25) is 0 Å². The summed E-state index contributed by atoms with van der Waals surface area (Å²) in [5.41, 5.74) is 6.48. The van der Waals surface area contributed by atoms with Gasteiger partial charge in [0, 0.05) is 23.5 Å². The summed E-state index contributed by atoms with van der Waals surface area (Å²) in [7, 11) is -3.55. The van der Waals surface area contributed by atoms with Gasteiger partial charge in [-0.25, -0.2) is 13.4 Å². The summed E-state index contributed by atoms with van der Waals surface area (Å²) in [6.45, 7) is 0. The average Bonchev–Trinajstić information content (AvgIpc) is 2.87. The third-order valence-corrected chi connectivity index (χ3v) is 5.67. The predicted molar refractivity (Wildman–Crippen MR) is 79.8 cm³/mol. The van der Waals surface area contributed by atoms with Crippen LogP contribution >= 0.6 is 22.9 Å². The minimum absolute atomic E-state index is 0.0738. The molecule has 3 aromatic rings. The lowest BCUT2D eigenvalue weighted by molar-refractivity contribution is 0.595. The van der Waals surface area contributed by atoms with Crippen LogP contribution in [-0.4, -0.2) is 17.8 Å². The van der Waals surface area contributed by atoms with Crippen LogP contribution in [0, 0.1) is 0 Å². The molecule has 0 saturated heterocycles. The first-order valence-electron chi connectivity index (χ1n) is 5.64. The second-order valence-electron chi connectivity index (χ2n) is 4.27. The van der Waals surface area contributed by atoms with Crippen molar-refractivity contribution in [3.63, 3.8) is 0 Å². The van der Waals surface area contributed by atoms with Gasteiger partial charge in [0.25, 0.3) is 0 Å². The molecule has 0 spiro atoms. The minimum atomic E-state index is -3.55. The van der Waals surface area contributed by atoms with E-state index in [1.165, 1.54) is 29.5 Å². The molecule has 0 amide bonds. The molecular formula is C12H10ClN3O2S2. The van der Waals surface area contributed by atoms with Crippen molar-refractivity contribution in [3.05, 3.63) is 46.7 Å². The molecule has 3 rings (SSSR count). The van der Waals surface area contributed by atoms with Crippen LogP contribution in [0.15, 0.2) is 40.9 Å². The minimum Gasteiger partial charge on any atom is -0.399 e. The molecule has 5 nitrogen and oxygen atoms in total. The van der Waals surface area contributed by atoms with E-state index in [0.717, 1.165) is 4.96 Å². The van der Waals surface area contributed by atoms with Crippen molar-refractivity contribution in [1.29, 1.82) is 0 Å². The molecule has 0 aliphatic heterocycles. The van der Waals surface area contributed by atoms with Crippen molar-refractivity contribution in [2.24, 2.45) is 0 Å². The van der Waals surface area contributed by atoms with Gasteiger partial charge in [-0.15, -0.1) is 11.3 Å². The standard InChI is InChI=1S/C12H10ClN3O2S2/c13-10-5-8(14)1-2-11(10)20(17,18)7-9-6-16-3-4-19-12(16)15-9/h1-6H,7,14H2. The molecular weight excluding hydrogens is 318 g/mol. The van der Waals surface area contributed by atoms with Gasteiger partial charge in [-0.05, 0) is 18.2 Å². The first kappa shape index (κ1) is 13.4. The van der Waals surface area contributed by atoms with E-state index in [0.29, 0.717) is 11.4 Å². The summed E-state index contributed by atoms with van der Waals surface area (Å²) >= 11 is 7.40. The highest BCUT2D eigenvalue weighted by Gasteiger charge is 2.20. The van der Waals surface area contributed by atoms with Crippen LogP contribution in [0.4, 0.5) is 5.69 Å². The fourth-order valence-corrected chi connectivity index (χ4v) is 4.46. The maximum absolute atomic E-state index is 12.4. The van der Waals surface area contributed by atoms with Crippen LogP contribution in [0.5, 0.6) is 0 Å². The van der Waals surface area contributed by atoms with Crippen LogP contribution in [0.25, 0.3) is 4.96 Å². The summed E-state index contributed by atoms with van der Waals surface area (Å²) < 4.78 is 26.5. The number of imidazole rings is 1. The quantitative estimate of drug-likeness (QED) is 0.750. The summed E-state index contributed by atoms with van der Waals surface area (Å²) in [5, 5.41) is 2.02. The Morgan fingerprint density at radius 2 is 2.20 bits per heavy atom. The molecule has 8 heteroatoms. The molecule has 0 unspecified atom stereocenters.